The Morgan fingerprint density at radius 3 is 2.24 bits per heavy atom. The highest BCUT2D eigenvalue weighted by Gasteiger charge is 2.08. The number of rotatable bonds is 10. The number of anilines is 1. The molecule has 0 bridgehead atoms. The smallest absolute Gasteiger partial charge is 0.274 e. The molecule has 226 valence electrons. The minimum Gasteiger partial charge on any atom is -0.357 e. The molecule has 0 saturated heterocycles. The number of nitrogens with one attached hydrogen (secondary N) is 3. The van der Waals surface area contributed by atoms with Crippen LogP contribution >= 0.6 is 15.9 Å². The van der Waals surface area contributed by atoms with Crippen molar-refractivity contribution in [2.75, 3.05) is 25.5 Å². The topological polar surface area (TPSA) is 113 Å². The molecule has 1 aromatic heterocycles. The molecule has 0 fully saturated rings. The number of carbonyl (C=O) groups excluding carboxylic acids is 3. The van der Waals surface area contributed by atoms with E-state index >= 15 is 0 Å². The SMILES string of the molecule is CC.CC.CC(=O)/C=C(\N=Cc1ccc(NC(=O)c2ccc(C)cn2)cc1C)c1cccc(Br)c1.CNCCNC=O. The number of carbonyl (C=O) groups is 3. The summed E-state index contributed by atoms with van der Waals surface area (Å²) in [5.74, 6) is -0.339. The molecule has 2 aromatic carbocycles. The van der Waals surface area contributed by atoms with Crippen LogP contribution in [-0.2, 0) is 9.59 Å². The first kappa shape index (κ1) is 38.0. The van der Waals surface area contributed by atoms with Gasteiger partial charge in [-0.25, -0.2) is 0 Å². The monoisotopic (exact) mass is 637 g/mol. The Kier molecular flexibility index (Phi) is 20.6. The van der Waals surface area contributed by atoms with Crippen LogP contribution < -0.4 is 16.0 Å². The van der Waals surface area contributed by atoms with Gasteiger partial charge in [0.1, 0.15) is 5.69 Å². The Morgan fingerprint density at radius 2 is 1.69 bits per heavy atom. The lowest BCUT2D eigenvalue weighted by Crippen LogP contribution is -2.23. The maximum Gasteiger partial charge on any atom is 0.274 e. The van der Waals surface area contributed by atoms with E-state index in [1.165, 1.54) is 13.0 Å². The molecule has 0 spiro atoms. The molecule has 0 radical (unpaired) electrons. The number of aliphatic imine (C=N–C) groups is 1. The predicted octanol–water partition coefficient (Wildman–Crippen LogP) is 6.77. The zero-order chi connectivity index (χ0) is 31.9. The fourth-order valence-corrected chi connectivity index (χ4v) is 3.53. The second-order valence-electron chi connectivity index (χ2n) is 8.33. The van der Waals surface area contributed by atoms with E-state index in [1.54, 1.807) is 18.5 Å². The Labute approximate surface area is 259 Å². The zero-order valence-corrected chi connectivity index (χ0v) is 27.5. The first-order valence-electron chi connectivity index (χ1n) is 13.9. The predicted molar refractivity (Wildman–Crippen MR) is 179 cm³/mol. The zero-order valence-electron chi connectivity index (χ0n) is 25.9. The Morgan fingerprint density at radius 1 is 0.976 bits per heavy atom. The third kappa shape index (κ3) is 15.2. The lowest BCUT2D eigenvalue weighted by molar-refractivity contribution is -0.112. The number of aromatic nitrogens is 1. The van der Waals surface area contributed by atoms with Crippen LogP contribution in [-0.4, -0.2) is 49.4 Å². The second-order valence-corrected chi connectivity index (χ2v) is 9.25. The van der Waals surface area contributed by atoms with E-state index in [-0.39, 0.29) is 11.7 Å². The molecule has 3 aromatic rings. The Balaban J connectivity index is 0.00000132. The number of aryl methyl sites for hydroxylation is 2. The Hall–Kier alpha value is -3.95. The number of likely N-dealkylation sites (N-methyl/N-ethyl adjacent to an activating group) is 1. The molecule has 2 amide bonds. The van der Waals surface area contributed by atoms with Crippen molar-refractivity contribution in [3.63, 3.8) is 0 Å². The van der Waals surface area contributed by atoms with Crippen molar-refractivity contribution in [1.29, 1.82) is 0 Å². The lowest BCUT2D eigenvalue weighted by atomic mass is 10.1. The molecule has 3 rings (SSSR count). The summed E-state index contributed by atoms with van der Waals surface area (Å²) in [6, 6.07) is 16.8. The minimum atomic E-state index is -0.262. The van der Waals surface area contributed by atoms with Gasteiger partial charge in [0.05, 0.1) is 5.70 Å². The largest absolute Gasteiger partial charge is 0.357 e. The summed E-state index contributed by atoms with van der Waals surface area (Å²) in [6.07, 6.45) is 5.59. The first-order valence-corrected chi connectivity index (χ1v) is 14.7. The fourth-order valence-electron chi connectivity index (χ4n) is 3.13. The summed E-state index contributed by atoms with van der Waals surface area (Å²) in [7, 11) is 1.84. The number of benzene rings is 2. The van der Waals surface area contributed by atoms with Crippen LogP contribution in [0.2, 0.25) is 0 Å². The summed E-state index contributed by atoms with van der Waals surface area (Å²) >= 11 is 3.45. The van der Waals surface area contributed by atoms with Gasteiger partial charge in [-0.05, 0) is 74.8 Å². The van der Waals surface area contributed by atoms with Crippen LogP contribution in [0.3, 0.4) is 0 Å². The molecule has 0 aliphatic rings. The van der Waals surface area contributed by atoms with E-state index in [9.17, 15) is 14.4 Å². The van der Waals surface area contributed by atoms with Gasteiger partial charge >= 0.3 is 0 Å². The van der Waals surface area contributed by atoms with Crippen LogP contribution in [0.4, 0.5) is 5.69 Å². The number of allylic oxidation sites excluding steroid dienone is 1. The van der Waals surface area contributed by atoms with Crippen molar-refractivity contribution in [3.05, 3.63) is 99.3 Å². The normalized spacial score (nSPS) is 10.2. The van der Waals surface area contributed by atoms with Gasteiger partial charge in [0.2, 0.25) is 6.41 Å². The maximum absolute atomic E-state index is 12.4. The van der Waals surface area contributed by atoms with Crippen LogP contribution in [0.15, 0.2) is 76.3 Å². The van der Waals surface area contributed by atoms with Crippen molar-refractivity contribution in [1.82, 2.24) is 15.6 Å². The van der Waals surface area contributed by atoms with E-state index in [4.69, 9.17) is 0 Å². The molecule has 0 unspecified atom stereocenters. The van der Waals surface area contributed by atoms with Crippen LogP contribution in [0.1, 0.15) is 67.4 Å². The van der Waals surface area contributed by atoms with Crippen molar-refractivity contribution in [2.45, 2.75) is 48.5 Å². The third-order valence-corrected chi connectivity index (χ3v) is 5.57. The molecule has 8 nitrogen and oxygen atoms in total. The quantitative estimate of drug-likeness (QED) is 0.0983. The number of halogens is 1. The van der Waals surface area contributed by atoms with Gasteiger partial charge in [-0.2, -0.15) is 0 Å². The van der Waals surface area contributed by atoms with Gasteiger partial charge in [-0.3, -0.25) is 24.4 Å². The minimum absolute atomic E-state index is 0.0772. The fraction of sp³-hybridized carbons (Fsp3) is 0.303. The number of hydrogen-bond acceptors (Lipinski definition) is 6. The van der Waals surface area contributed by atoms with Crippen LogP contribution in [0.5, 0.6) is 0 Å². The number of nitrogens with zero attached hydrogens (tertiary/aromatic N) is 2. The molecule has 0 aliphatic carbocycles. The number of ketones is 1. The molecule has 0 aliphatic heterocycles. The maximum atomic E-state index is 12.4. The average molecular weight is 639 g/mol. The van der Waals surface area contributed by atoms with Crippen LogP contribution in [0.25, 0.3) is 5.70 Å². The Bertz CT molecular complexity index is 1310. The van der Waals surface area contributed by atoms with Gasteiger partial charge in [0.25, 0.3) is 5.91 Å². The lowest BCUT2D eigenvalue weighted by Gasteiger charge is -2.08. The summed E-state index contributed by atoms with van der Waals surface area (Å²) in [4.78, 5) is 42.3. The molecule has 1 heterocycles. The summed E-state index contributed by atoms with van der Waals surface area (Å²) in [6.45, 7) is 14.9. The average Bonchev–Trinajstić information content (AvgIpc) is 2.99. The third-order valence-electron chi connectivity index (χ3n) is 5.08. The first-order chi connectivity index (χ1) is 20.2. The van der Waals surface area contributed by atoms with E-state index in [0.29, 0.717) is 30.0 Å². The van der Waals surface area contributed by atoms with E-state index in [0.717, 1.165) is 33.3 Å². The van der Waals surface area contributed by atoms with Gasteiger partial charge in [0, 0.05) is 47.3 Å². The van der Waals surface area contributed by atoms with Crippen molar-refractivity contribution < 1.29 is 14.4 Å². The molecular weight excluding hydrogens is 594 g/mol. The highest BCUT2D eigenvalue weighted by molar-refractivity contribution is 9.10. The van der Waals surface area contributed by atoms with Crippen LogP contribution in [0, 0.1) is 13.8 Å². The summed E-state index contributed by atoms with van der Waals surface area (Å²) in [5.41, 5.74) is 5.28. The van der Waals surface area contributed by atoms with E-state index in [2.05, 4.69) is 41.9 Å². The molecule has 0 saturated carbocycles. The second kappa shape index (κ2) is 22.7. The summed E-state index contributed by atoms with van der Waals surface area (Å²) in [5, 5.41) is 8.25. The molecule has 0 atom stereocenters. The highest BCUT2D eigenvalue weighted by Crippen LogP contribution is 2.21. The van der Waals surface area contributed by atoms with E-state index in [1.807, 2.05) is 97.1 Å². The van der Waals surface area contributed by atoms with Gasteiger partial charge < -0.3 is 16.0 Å². The van der Waals surface area contributed by atoms with Crippen molar-refractivity contribution in [2.24, 2.45) is 4.99 Å². The number of hydrogen-bond donors (Lipinski definition) is 3. The standard InChI is InChI=1S/C25H22BrN3O2.C4H10N2O.2C2H6/c1-16-7-10-23(27-14-16)25(31)29-22-9-8-20(17(2)11-22)15-28-24(12-18(3)30)19-5-4-6-21(26)13-19;1-5-2-3-6-4-7;2*1-2/h4-15H,1-3H3,(H,29,31);4-5H,2-3H2,1H3,(H,6,7);2*1-2H3/b24-12-,28-15?;;;. The summed E-state index contributed by atoms with van der Waals surface area (Å²) < 4.78 is 0.911. The van der Waals surface area contributed by atoms with Crippen molar-refractivity contribution >= 4 is 51.6 Å². The molecule has 9 heteroatoms. The molecule has 42 heavy (non-hydrogen) atoms. The number of pyridine rings is 1. The van der Waals surface area contributed by atoms with Gasteiger partial charge in [-0.15, -0.1) is 0 Å². The van der Waals surface area contributed by atoms with Gasteiger partial charge in [-0.1, -0.05) is 67.9 Å². The molecular formula is C33H44BrN5O3. The van der Waals surface area contributed by atoms with E-state index < -0.39 is 0 Å². The number of amides is 2. The highest BCUT2D eigenvalue weighted by atomic mass is 79.9. The van der Waals surface area contributed by atoms with Crippen molar-refractivity contribution in [3.8, 4) is 0 Å². The molecule has 3 N–H and O–H groups in total. The van der Waals surface area contributed by atoms with Gasteiger partial charge in [0.15, 0.2) is 5.78 Å².